The minimum Gasteiger partial charge on any atom is -0.0622 e. The van der Waals surface area contributed by atoms with Gasteiger partial charge in [-0.1, -0.05) is 30.3 Å². The normalized spacial score (nSPS) is 9.85. The van der Waals surface area contributed by atoms with E-state index in [1.165, 1.54) is 11.1 Å². The van der Waals surface area contributed by atoms with Gasteiger partial charge in [-0.15, -0.1) is 0 Å². The fraction of sp³-hybridized carbons (Fsp3) is 0. The van der Waals surface area contributed by atoms with Crippen LogP contribution in [0, 0.1) is 6.92 Å². The van der Waals surface area contributed by atoms with Crippen molar-refractivity contribution in [2.75, 3.05) is 0 Å². The zero-order chi connectivity index (χ0) is 9.10. The molecule has 0 heteroatoms. The van der Waals surface area contributed by atoms with Crippen molar-refractivity contribution in [3.8, 4) is 11.1 Å². The molecule has 0 nitrogen and oxygen atoms in total. The highest BCUT2D eigenvalue weighted by molar-refractivity contribution is 5.63. The first-order chi connectivity index (χ1) is 6.36. The molecule has 0 N–H and O–H groups in total. The van der Waals surface area contributed by atoms with E-state index in [9.17, 15) is 0 Å². The molecule has 0 heterocycles. The maximum Gasteiger partial charge on any atom is 0.126 e. The highest BCUT2D eigenvalue weighted by Crippen LogP contribution is 2.18. The van der Waals surface area contributed by atoms with E-state index in [4.69, 9.17) is 0 Å². The Morgan fingerprint density at radius 1 is 0.615 bits per heavy atom. The van der Waals surface area contributed by atoms with E-state index in [1.807, 2.05) is 30.3 Å². The van der Waals surface area contributed by atoms with Gasteiger partial charge in [-0.3, -0.25) is 0 Å². The van der Waals surface area contributed by atoms with Crippen molar-refractivity contribution in [2.24, 2.45) is 0 Å². The van der Waals surface area contributed by atoms with Crippen LogP contribution in [0.15, 0.2) is 54.6 Å². The molecular weight excluding hydrogens is 156 g/mol. The minimum absolute atomic E-state index is 1.06. The lowest BCUT2D eigenvalue weighted by molar-refractivity contribution is 1.58. The second kappa shape index (κ2) is 3.36. The molecule has 13 heavy (non-hydrogen) atoms. The van der Waals surface area contributed by atoms with Gasteiger partial charge in [-0.2, -0.15) is 0 Å². The Bertz CT molecular complexity index is 371. The summed E-state index contributed by atoms with van der Waals surface area (Å²) in [6, 6.07) is 18.6. The average Bonchev–Trinajstić information content (AvgIpc) is 2.20. The van der Waals surface area contributed by atoms with Gasteiger partial charge in [0.05, 0.1) is 0 Å². The summed E-state index contributed by atoms with van der Waals surface area (Å²) >= 11 is 0. The third kappa shape index (κ3) is 1.73. The Kier molecular flexibility index (Phi) is 2.05. The van der Waals surface area contributed by atoms with E-state index in [2.05, 4.69) is 31.2 Å². The Balaban J connectivity index is 2.42. The Morgan fingerprint density at radius 3 is 1.77 bits per heavy atom. The highest BCUT2D eigenvalue weighted by Gasteiger charge is 1.98. The molecule has 0 fully saturated rings. The lowest BCUT2D eigenvalue weighted by atomic mass is 10.0. The van der Waals surface area contributed by atoms with E-state index in [-0.39, 0.29) is 0 Å². The summed E-state index contributed by atoms with van der Waals surface area (Å²) in [5.74, 6) is 0. The van der Waals surface area contributed by atoms with Crippen LogP contribution < -0.4 is 0 Å². The van der Waals surface area contributed by atoms with Crippen molar-refractivity contribution in [2.45, 2.75) is 0 Å². The van der Waals surface area contributed by atoms with Crippen LogP contribution in [0.1, 0.15) is 5.56 Å². The topological polar surface area (TPSA) is 0 Å². The maximum absolute atomic E-state index is 3.86. The van der Waals surface area contributed by atoms with E-state index in [0.717, 1.165) is 5.56 Å². The summed E-state index contributed by atoms with van der Waals surface area (Å²) in [6.45, 7) is 3.86. The summed E-state index contributed by atoms with van der Waals surface area (Å²) in [7, 11) is 0. The molecule has 0 spiro atoms. The van der Waals surface area contributed by atoms with Gasteiger partial charge in [-0.25, -0.2) is 0 Å². The standard InChI is InChI=1S/C13H11/c1-11-7-9-13(10-8-11)12-5-3-2-4-6-12/h2-10H,1H2/q+1. The molecule has 62 valence electrons. The average molecular weight is 167 g/mol. The molecule has 2 aromatic carbocycles. The van der Waals surface area contributed by atoms with Crippen LogP contribution in [0.2, 0.25) is 0 Å². The largest absolute Gasteiger partial charge is 0.126 e. The Hall–Kier alpha value is -1.69. The smallest absolute Gasteiger partial charge is 0.0622 e. The molecular formula is C13H11+. The first kappa shape index (κ1) is 7.93. The monoisotopic (exact) mass is 167 g/mol. The van der Waals surface area contributed by atoms with Gasteiger partial charge >= 0.3 is 0 Å². The highest BCUT2D eigenvalue weighted by atomic mass is 14.0. The van der Waals surface area contributed by atoms with Crippen LogP contribution in [0.4, 0.5) is 0 Å². The Morgan fingerprint density at radius 2 is 1.15 bits per heavy atom. The van der Waals surface area contributed by atoms with Gasteiger partial charge in [0.1, 0.15) is 5.56 Å². The molecule has 0 aliphatic heterocycles. The van der Waals surface area contributed by atoms with E-state index in [0.29, 0.717) is 0 Å². The van der Waals surface area contributed by atoms with Crippen molar-refractivity contribution in [3.63, 3.8) is 0 Å². The zero-order valence-electron chi connectivity index (χ0n) is 7.40. The van der Waals surface area contributed by atoms with Gasteiger partial charge in [-0.05, 0) is 5.56 Å². The molecule has 0 radical (unpaired) electrons. The molecule has 0 aliphatic rings. The summed E-state index contributed by atoms with van der Waals surface area (Å²) in [6.07, 6.45) is 0. The SMILES string of the molecule is [CH2+]c1ccc(-c2ccccc2)cc1. The molecule has 0 unspecified atom stereocenters. The lowest BCUT2D eigenvalue weighted by Crippen LogP contribution is -1.76. The molecule has 2 rings (SSSR count). The summed E-state index contributed by atoms with van der Waals surface area (Å²) in [5, 5.41) is 0. The van der Waals surface area contributed by atoms with Crippen LogP contribution in [0.5, 0.6) is 0 Å². The van der Waals surface area contributed by atoms with Crippen molar-refractivity contribution in [1.29, 1.82) is 0 Å². The predicted octanol–water partition coefficient (Wildman–Crippen LogP) is 3.54. The molecule has 2 aromatic rings. The Labute approximate surface area is 78.9 Å². The van der Waals surface area contributed by atoms with Crippen molar-refractivity contribution < 1.29 is 0 Å². The first-order valence-corrected chi connectivity index (χ1v) is 4.34. The summed E-state index contributed by atoms with van der Waals surface area (Å²) < 4.78 is 0. The summed E-state index contributed by atoms with van der Waals surface area (Å²) in [5.41, 5.74) is 3.55. The van der Waals surface area contributed by atoms with E-state index >= 15 is 0 Å². The lowest BCUT2D eigenvalue weighted by Gasteiger charge is -1.97. The number of benzene rings is 2. The molecule has 0 aliphatic carbocycles. The molecule has 0 saturated heterocycles. The summed E-state index contributed by atoms with van der Waals surface area (Å²) in [4.78, 5) is 0. The van der Waals surface area contributed by atoms with Gasteiger partial charge in [0.25, 0.3) is 0 Å². The van der Waals surface area contributed by atoms with Crippen molar-refractivity contribution in [1.82, 2.24) is 0 Å². The second-order valence-electron chi connectivity index (χ2n) is 3.06. The van der Waals surface area contributed by atoms with Crippen LogP contribution in [0.3, 0.4) is 0 Å². The quantitative estimate of drug-likeness (QED) is 0.570. The number of rotatable bonds is 1. The van der Waals surface area contributed by atoms with Crippen molar-refractivity contribution in [3.05, 3.63) is 67.1 Å². The maximum atomic E-state index is 3.86. The van der Waals surface area contributed by atoms with Gasteiger partial charge < -0.3 is 0 Å². The zero-order valence-corrected chi connectivity index (χ0v) is 7.40. The fourth-order valence-electron chi connectivity index (χ4n) is 1.33. The first-order valence-electron chi connectivity index (χ1n) is 4.34. The van der Waals surface area contributed by atoms with E-state index in [1.54, 1.807) is 0 Å². The molecule has 0 aromatic heterocycles. The van der Waals surface area contributed by atoms with Crippen molar-refractivity contribution >= 4 is 0 Å². The molecule has 0 saturated carbocycles. The van der Waals surface area contributed by atoms with Crippen LogP contribution in [-0.4, -0.2) is 0 Å². The van der Waals surface area contributed by atoms with E-state index < -0.39 is 0 Å². The number of hydrogen-bond donors (Lipinski definition) is 0. The van der Waals surface area contributed by atoms with Gasteiger partial charge in [0.2, 0.25) is 0 Å². The van der Waals surface area contributed by atoms with Crippen LogP contribution in [0.25, 0.3) is 11.1 Å². The molecule has 0 amide bonds. The minimum atomic E-state index is 1.06. The molecule has 0 bridgehead atoms. The predicted molar refractivity (Wildman–Crippen MR) is 56.3 cm³/mol. The van der Waals surface area contributed by atoms with Crippen LogP contribution in [-0.2, 0) is 0 Å². The third-order valence-corrected chi connectivity index (χ3v) is 2.06. The van der Waals surface area contributed by atoms with Gasteiger partial charge in [0, 0.05) is 36.8 Å². The molecule has 0 atom stereocenters. The van der Waals surface area contributed by atoms with Crippen LogP contribution >= 0.6 is 0 Å². The number of hydrogen-bond acceptors (Lipinski definition) is 0. The fourth-order valence-corrected chi connectivity index (χ4v) is 1.33. The second-order valence-corrected chi connectivity index (χ2v) is 3.06. The van der Waals surface area contributed by atoms with Gasteiger partial charge in [0.15, 0.2) is 0 Å². The third-order valence-electron chi connectivity index (χ3n) is 2.06.